The first kappa shape index (κ1) is 21.1. The number of nitrogens with zero attached hydrogens (tertiary/aromatic N) is 4. The number of guanidine groups is 1. The number of ether oxygens (including phenoxy) is 1. The molecule has 0 bridgehead atoms. The summed E-state index contributed by atoms with van der Waals surface area (Å²) in [5, 5.41) is 7.05. The number of sulfonamides is 1. The van der Waals surface area contributed by atoms with Gasteiger partial charge in [0.15, 0.2) is 5.96 Å². The minimum Gasteiger partial charge on any atom is -0.496 e. The normalized spacial score (nSPS) is 16.1. The van der Waals surface area contributed by atoms with Crippen LogP contribution in [0.5, 0.6) is 5.75 Å². The van der Waals surface area contributed by atoms with Crippen LogP contribution in [0, 0.1) is 6.92 Å². The Balaban J connectivity index is 1.54. The summed E-state index contributed by atoms with van der Waals surface area (Å²) in [7, 11) is -0.0250. The third kappa shape index (κ3) is 5.27. The predicted molar refractivity (Wildman–Crippen MR) is 110 cm³/mol. The molecule has 10 heteroatoms. The molecule has 0 saturated carbocycles. The third-order valence-electron chi connectivity index (χ3n) is 4.87. The Labute approximate surface area is 171 Å². The zero-order valence-electron chi connectivity index (χ0n) is 17.0. The second kappa shape index (κ2) is 9.27. The molecule has 1 fully saturated rings. The lowest BCUT2D eigenvalue weighted by Gasteiger charge is -2.35. The molecule has 0 amide bonds. The average Bonchev–Trinajstić information content (AvgIpc) is 3.21. The van der Waals surface area contributed by atoms with E-state index < -0.39 is 10.0 Å². The summed E-state index contributed by atoms with van der Waals surface area (Å²) in [6.45, 7) is 4.59. The maximum absolute atomic E-state index is 12.6. The number of hydrogen-bond donors (Lipinski definition) is 1. The smallest absolute Gasteiger partial charge is 0.220 e. The Hall–Kier alpha value is -2.59. The fourth-order valence-corrected chi connectivity index (χ4v) is 4.76. The lowest BCUT2D eigenvalue weighted by molar-refractivity contribution is 0.259. The number of aliphatic imine (C=N–C) groups is 1. The van der Waals surface area contributed by atoms with Crippen LogP contribution in [-0.2, 0) is 22.3 Å². The highest BCUT2D eigenvalue weighted by Gasteiger charge is 2.28. The van der Waals surface area contributed by atoms with E-state index in [9.17, 15) is 8.42 Å². The van der Waals surface area contributed by atoms with Crippen molar-refractivity contribution in [3.63, 3.8) is 0 Å². The Morgan fingerprint density at radius 1 is 1.28 bits per heavy atom. The molecule has 0 atom stereocenters. The number of aromatic nitrogens is 1. The van der Waals surface area contributed by atoms with Gasteiger partial charge in [-0.05, 0) is 24.1 Å². The highest BCUT2D eigenvalue weighted by molar-refractivity contribution is 7.88. The van der Waals surface area contributed by atoms with Crippen molar-refractivity contribution in [2.75, 3.05) is 40.3 Å². The quantitative estimate of drug-likeness (QED) is 0.553. The number of piperazine rings is 1. The second-order valence-electron chi connectivity index (χ2n) is 6.84. The molecule has 1 aliphatic rings. The van der Waals surface area contributed by atoms with E-state index in [0.717, 1.165) is 22.8 Å². The fraction of sp³-hybridized carbons (Fsp3) is 0.474. The molecule has 0 radical (unpaired) electrons. The molecule has 1 aromatic carbocycles. The number of rotatable bonds is 6. The van der Waals surface area contributed by atoms with Crippen LogP contribution in [0.3, 0.4) is 0 Å². The molecule has 1 N–H and O–H groups in total. The third-order valence-corrected chi connectivity index (χ3v) is 6.69. The Bertz CT molecular complexity index is 936. The number of nitrogens with one attached hydrogen (secondary N) is 1. The predicted octanol–water partition coefficient (Wildman–Crippen LogP) is 1.21. The maximum atomic E-state index is 12.6. The molecule has 1 saturated heterocycles. The van der Waals surface area contributed by atoms with E-state index in [1.54, 1.807) is 20.2 Å². The molecular weight excluding hydrogens is 394 g/mol. The Morgan fingerprint density at radius 3 is 2.62 bits per heavy atom. The van der Waals surface area contributed by atoms with Crippen LogP contribution in [0.2, 0.25) is 0 Å². The second-order valence-corrected chi connectivity index (χ2v) is 8.81. The van der Waals surface area contributed by atoms with Crippen molar-refractivity contribution in [2.24, 2.45) is 4.99 Å². The average molecular weight is 422 g/mol. The van der Waals surface area contributed by atoms with E-state index in [2.05, 4.69) is 26.4 Å². The van der Waals surface area contributed by atoms with Crippen LogP contribution in [0.1, 0.15) is 16.8 Å². The van der Waals surface area contributed by atoms with Gasteiger partial charge in [-0.15, -0.1) is 0 Å². The van der Waals surface area contributed by atoms with Gasteiger partial charge in [0.1, 0.15) is 17.8 Å². The monoisotopic (exact) mass is 421 g/mol. The number of methoxy groups -OCH3 is 1. The van der Waals surface area contributed by atoms with E-state index >= 15 is 0 Å². The van der Waals surface area contributed by atoms with Gasteiger partial charge in [0, 0.05) is 45.8 Å². The number of aryl methyl sites for hydroxylation is 1. The topological polar surface area (TPSA) is 100 Å². The van der Waals surface area contributed by atoms with Gasteiger partial charge in [0.2, 0.25) is 10.0 Å². The van der Waals surface area contributed by atoms with Crippen LogP contribution in [-0.4, -0.2) is 69.1 Å². The van der Waals surface area contributed by atoms with Crippen LogP contribution in [0.15, 0.2) is 40.0 Å². The molecule has 1 aliphatic heterocycles. The van der Waals surface area contributed by atoms with Crippen LogP contribution in [0.25, 0.3) is 0 Å². The van der Waals surface area contributed by atoms with Gasteiger partial charge >= 0.3 is 0 Å². The van der Waals surface area contributed by atoms with Gasteiger partial charge in [-0.2, -0.15) is 4.31 Å². The van der Waals surface area contributed by atoms with Crippen LogP contribution >= 0.6 is 0 Å². The Morgan fingerprint density at radius 2 is 2.03 bits per heavy atom. The molecule has 0 unspecified atom stereocenters. The molecular formula is C19H27N5O4S. The lowest BCUT2D eigenvalue weighted by atomic mass is 10.1. The molecule has 0 aliphatic carbocycles. The molecule has 3 rings (SSSR count). The molecule has 2 aromatic rings. The summed E-state index contributed by atoms with van der Waals surface area (Å²) < 4.78 is 36.6. The minimum absolute atomic E-state index is 0.146. The first-order valence-corrected chi connectivity index (χ1v) is 11.0. The van der Waals surface area contributed by atoms with Crippen molar-refractivity contribution in [3.8, 4) is 5.75 Å². The summed E-state index contributed by atoms with van der Waals surface area (Å²) in [6.07, 6.45) is 1.38. The van der Waals surface area contributed by atoms with E-state index in [1.807, 2.05) is 19.1 Å². The standard InChI is InChI=1S/C19H27N5O4S/c1-15-12-16(4-5-18(15)27-3)13-21-19(20-2)23-7-9-24(10-8-23)29(25,26)14-17-6-11-28-22-17/h4-6,11-12H,7-10,13-14H2,1-3H3,(H,20,21). The molecule has 9 nitrogen and oxygen atoms in total. The SMILES string of the molecule is CN=C(NCc1ccc(OC)c(C)c1)N1CCN(S(=O)(=O)Cc2ccon2)CC1. The van der Waals surface area contributed by atoms with Crippen molar-refractivity contribution in [1.82, 2.24) is 19.7 Å². The first-order chi connectivity index (χ1) is 13.9. The molecule has 1 aromatic heterocycles. The van der Waals surface area contributed by atoms with Gasteiger partial charge in [0.05, 0.1) is 12.8 Å². The van der Waals surface area contributed by atoms with Gasteiger partial charge in [-0.1, -0.05) is 17.3 Å². The zero-order chi connectivity index (χ0) is 20.9. The number of benzene rings is 1. The summed E-state index contributed by atoms with van der Waals surface area (Å²) in [5.41, 5.74) is 2.62. The highest BCUT2D eigenvalue weighted by atomic mass is 32.2. The van der Waals surface area contributed by atoms with E-state index in [-0.39, 0.29) is 5.75 Å². The van der Waals surface area contributed by atoms with Gasteiger partial charge < -0.3 is 19.5 Å². The largest absolute Gasteiger partial charge is 0.496 e. The van der Waals surface area contributed by atoms with E-state index in [1.165, 1.54) is 10.6 Å². The Kier molecular flexibility index (Phi) is 6.75. The van der Waals surface area contributed by atoms with Crippen molar-refractivity contribution in [2.45, 2.75) is 19.2 Å². The van der Waals surface area contributed by atoms with Crippen LogP contribution in [0.4, 0.5) is 0 Å². The summed E-state index contributed by atoms with van der Waals surface area (Å²) in [5.74, 6) is 1.47. The van der Waals surface area contributed by atoms with Crippen LogP contribution < -0.4 is 10.1 Å². The summed E-state index contributed by atoms with van der Waals surface area (Å²) in [6, 6.07) is 7.61. The van der Waals surface area contributed by atoms with Gasteiger partial charge in [-0.3, -0.25) is 4.99 Å². The minimum atomic E-state index is -3.42. The fourth-order valence-electron chi connectivity index (χ4n) is 3.33. The zero-order valence-corrected chi connectivity index (χ0v) is 17.8. The van der Waals surface area contributed by atoms with E-state index in [4.69, 9.17) is 9.26 Å². The number of hydrogen-bond acceptors (Lipinski definition) is 6. The van der Waals surface area contributed by atoms with Crippen molar-refractivity contribution in [3.05, 3.63) is 47.3 Å². The maximum Gasteiger partial charge on any atom is 0.220 e. The lowest BCUT2D eigenvalue weighted by Crippen LogP contribution is -2.53. The van der Waals surface area contributed by atoms with Crippen molar-refractivity contribution < 1.29 is 17.7 Å². The molecule has 2 heterocycles. The molecule has 0 spiro atoms. The first-order valence-electron chi connectivity index (χ1n) is 9.39. The van der Waals surface area contributed by atoms with Crippen molar-refractivity contribution in [1.29, 1.82) is 0 Å². The molecule has 158 valence electrons. The summed E-state index contributed by atoms with van der Waals surface area (Å²) >= 11 is 0. The van der Waals surface area contributed by atoms with Gasteiger partial charge in [-0.25, -0.2) is 8.42 Å². The highest BCUT2D eigenvalue weighted by Crippen LogP contribution is 2.18. The van der Waals surface area contributed by atoms with Gasteiger partial charge in [0.25, 0.3) is 0 Å². The summed E-state index contributed by atoms with van der Waals surface area (Å²) in [4.78, 5) is 6.42. The molecule has 29 heavy (non-hydrogen) atoms. The van der Waals surface area contributed by atoms with E-state index in [0.29, 0.717) is 38.4 Å². The van der Waals surface area contributed by atoms with Crippen molar-refractivity contribution >= 4 is 16.0 Å².